The highest BCUT2D eigenvalue weighted by atomic mass is 16.5. The van der Waals surface area contributed by atoms with Crippen molar-refractivity contribution in [1.82, 2.24) is 9.97 Å². The van der Waals surface area contributed by atoms with Gasteiger partial charge in [-0.3, -0.25) is 4.79 Å². The number of primary amides is 1. The van der Waals surface area contributed by atoms with Gasteiger partial charge in [-0.25, -0.2) is 9.97 Å². The third kappa shape index (κ3) is 3.41. The van der Waals surface area contributed by atoms with Crippen molar-refractivity contribution in [3.8, 4) is 0 Å². The van der Waals surface area contributed by atoms with E-state index < -0.39 is 5.91 Å². The Hall–Kier alpha value is -2.41. The first kappa shape index (κ1) is 16.4. The Morgan fingerprint density at radius 3 is 2.42 bits per heavy atom. The average molecular weight is 329 g/mol. The van der Waals surface area contributed by atoms with Crippen LogP contribution in [0.15, 0.2) is 24.3 Å². The van der Waals surface area contributed by atoms with Crippen molar-refractivity contribution in [2.45, 2.75) is 26.1 Å². The second-order valence-electron chi connectivity index (χ2n) is 6.34. The Kier molecular flexibility index (Phi) is 4.53. The topological polar surface area (TPSA) is 84.6 Å². The van der Waals surface area contributed by atoms with E-state index in [1.807, 2.05) is 38.1 Å². The number of hydrogen-bond acceptors (Lipinski definition) is 6. The van der Waals surface area contributed by atoms with Gasteiger partial charge in [0, 0.05) is 20.1 Å². The zero-order chi connectivity index (χ0) is 17.3. The number of likely N-dealkylation sites (N-methyl/N-ethyl adjacent to an activating group) is 1. The molecule has 3 rings (SSSR count). The van der Waals surface area contributed by atoms with E-state index in [0.717, 1.165) is 29.9 Å². The van der Waals surface area contributed by atoms with Gasteiger partial charge in [0.05, 0.1) is 29.8 Å². The minimum absolute atomic E-state index is 0.0927. The third-order valence-electron chi connectivity index (χ3n) is 4.01. The highest BCUT2D eigenvalue weighted by Gasteiger charge is 2.27. The van der Waals surface area contributed by atoms with Gasteiger partial charge in [0.2, 0.25) is 5.91 Å². The molecule has 128 valence electrons. The van der Waals surface area contributed by atoms with Gasteiger partial charge in [-0.1, -0.05) is 12.1 Å². The second kappa shape index (κ2) is 6.60. The van der Waals surface area contributed by atoms with E-state index in [2.05, 4.69) is 4.90 Å². The molecule has 2 unspecified atom stereocenters. The molecular formula is C17H23N5O2. The summed E-state index contributed by atoms with van der Waals surface area (Å²) in [5, 5.41) is 0. The Bertz CT molecular complexity index is 741. The lowest BCUT2D eigenvalue weighted by Gasteiger charge is -2.37. The Labute approximate surface area is 141 Å². The summed E-state index contributed by atoms with van der Waals surface area (Å²) >= 11 is 0. The SMILES string of the molecule is CC1CN(c2nc3ccccc3nc2N(C)CC(N)=O)CC(C)O1. The number of hydrogen-bond donors (Lipinski definition) is 1. The molecule has 2 atom stereocenters. The van der Waals surface area contributed by atoms with Crippen LogP contribution in [0, 0.1) is 0 Å². The summed E-state index contributed by atoms with van der Waals surface area (Å²) in [7, 11) is 1.81. The molecule has 24 heavy (non-hydrogen) atoms. The van der Waals surface area contributed by atoms with Gasteiger partial charge in [0.15, 0.2) is 11.6 Å². The predicted octanol–water partition coefficient (Wildman–Crippen LogP) is 1.16. The fourth-order valence-electron chi connectivity index (χ4n) is 3.11. The number of fused-ring (bicyclic) bond motifs is 1. The van der Waals surface area contributed by atoms with E-state index in [4.69, 9.17) is 20.4 Å². The van der Waals surface area contributed by atoms with E-state index in [-0.39, 0.29) is 18.8 Å². The molecule has 0 aliphatic carbocycles. The minimum Gasteiger partial charge on any atom is -0.372 e. The maximum Gasteiger partial charge on any atom is 0.236 e. The van der Waals surface area contributed by atoms with Crippen molar-refractivity contribution in [3.05, 3.63) is 24.3 Å². The largest absolute Gasteiger partial charge is 0.372 e. The molecule has 2 aromatic rings. The summed E-state index contributed by atoms with van der Waals surface area (Å²) in [6.07, 6.45) is 0.215. The van der Waals surface area contributed by atoms with Gasteiger partial charge in [-0.2, -0.15) is 0 Å². The van der Waals surface area contributed by atoms with Crippen LogP contribution >= 0.6 is 0 Å². The van der Waals surface area contributed by atoms with Gasteiger partial charge in [-0.15, -0.1) is 0 Å². The van der Waals surface area contributed by atoms with E-state index >= 15 is 0 Å². The lowest BCUT2D eigenvalue weighted by molar-refractivity contribution is -0.116. The molecular weight excluding hydrogens is 306 g/mol. The first-order valence-electron chi connectivity index (χ1n) is 8.10. The third-order valence-corrected chi connectivity index (χ3v) is 4.01. The van der Waals surface area contributed by atoms with Crippen LogP contribution in [-0.2, 0) is 9.53 Å². The highest BCUT2D eigenvalue weighted by Crippen LogP contribution is 2.29. The normalized spacial score (nSPS) is 21.0. The summed E-state index contributed by atoms with van der Waals surface area (Å²) in [5.74, 6) is 1.02. The fraction of sp³-hybridized carbons (Fsp3) is 0.471. The van der Waals surface area contributed by atoms with Crippen LogP contribution in [0.5, 0.6) is 0 Å². The lowest BCUT2D eigenvalue weighted by Crippen LogP contribution is -2.46. The van der Waals surface area contributed by atoms with Crippen molar-refractivity contribution in [2.24, 2.45) is 5.73 Å². The number of carbonyl (C=O) groups excluding carboxylic acids is 1. The van der Waals surface area contributed by atoms with Crippen LogP contribution in [0.2, 0.25) is 0 Å². The Morgan fingerprint density at radius 2 is 1.83 bits per heavy atom. The van der Waals surface area contributed by atoms with Gasteiger partial charge >= 0.3 is 0 Å². The Balaban J connectivity index is 2.07. The fourth-order valence-corrected chi connectivity index (χ4v) is 3.11. The number of anilines is 2. The van der Waals surface area contributed by atoms with Crippen molar-refractivity contribution in [2.75, 3.05) is 36.5 Å². The molecule has 1 saturated heterocycles. The van der Waals surface area contributed by atoms with Gasteiger partial charge in [-0.05, 0) is 26.0 Å². The van der Waals surface area contributed by atoms with Crippen LogP contribution in [0.4, 0.5) is 11.6 Å². The number of para-hydroxylation sites is 2. The van der Waals surface area contributed by atoms with Gasteiger partial charge < -0.3 is 20.3 Å². The predicted molar refractivity (Wildman–Crippen MR) is 94.2 cm³/mol. The standard InChI is InChI=1S/C17H23N5O2/c1-11-8-22(9-12(2)24-11)17-16(21(3)10-15(18)23)19-13-6-4-5-7-14(13)20-17/h4-7,11-12H,8-10H2,1-3H3,(H2,18,23). The first-order valence-corrected chi connectivity index (χ1v) is 8.10. The maximum absolute atomic E-state index is 11.3. The molecule has 0 bridgehead atoms. The number of nitrogens with zero attached hydrogens (tertiary/aromatic N) is 4. The van der Waals surface area contributed by atoms with Crippen molar-refractivity contribution >= 4 is 28.6 Å². The number of rotatable bonds is 4. The number of benzene rings is 1. The summed E-state index contributed by atoms with van der Waals surface area (Å²) in [4.78, 5) is 24.8. The molecule has 1 aromatic carbocycles. The van der Waals surface area contributed by atoms with Gasteiger partial charge in [0.25, 0.3) is 0 Å². The highest BCUT2D eigenvalue weighted by molar-refractivity contribution is 5.84. The molecule has 0 saturated carbocycles. The molecule has 7 nitrogen and oxygen atoms in total. The molecule has 1 aromatic heterocycles. The molecule has 7 heteroatoms. The number of aromatic nitrogens is 2. The smallest absolute Gasteiger partial charge is 0.236 e. The molecule has 2 heterocycles. The zero-order valence-electron chi connectivity index (χ0n) is 14.3. The maximum atomic E-state index is 11.3. The van der Waals surface area contributed by atoms with Crippen molar-refractivity contribution < 1.29 is 9.53 Å². The molecule has 1 amide bonds. The zero-order valence-corrected chi connectivity index (χ0v) is 14.3. The number of amides is 1. The first-order chi connectivity index (χ1) is 11.4. The molecule has 1 fully saturated rings. The van der Waals surface area contributed by atoms with Crippen LogP contribution in [0.1, 0.15) is 13.8 Å². The number of ether oxygens (including phenoxy) is 1. The van der Waals surface area contributed by atoms with Gasteiger partial charge in [0.1, 0.15) is 0 Å². The molecule has 2 N–H and O–H groups in total. The van der Waals surface area contributed by atoms with E-state index in [1.165, 1.54) is 0 Å². The molecule has 1 aliphatic rings. The summed E-state index contributed by atoms with van der Waals surface area (Å²) < 4.78 is 5.81. The molecule has 0 radical (unpaired) electrons. The van der Waals surface area contributed by atoms with Crippen molar-refractivity contribution in [3.63, 3.8) is 0 Å². The van der Waals surface area contributed by atoms with Crippen LogP contribution in [-0.4, -0.2) is 54.8 Å². The summed E-state index contributed by atoms with van der Waals surface area (Å²) in [6.45, 7) is 5.65. The second-order valence-corrected chi connectivity index (χ2v) is 6.34. The lowest BCUT2D eigenvalue weighted by atomic mass is 10.2. The van der Waals surface area contributed by atoms with E-state index in [1.54, 1.807) is 11.9 Å². The monoisotopic (exact) mass is 329 g/mol. The molecule has 1 aliphatic heterocycles. The van der Waals surface area contributed by atoms with Crippen LogP contribution in [0.3, 0.4) is 0 Å². The van der Waals surface area contributed by atoms with Crippen molar-refractivity contribution in [1.29, 1.82) is 0 Å². The van der Waals surface area contributed by atoms with E-state index in [9.17, 15) is 4.79 Å². The average Bonchev–Trinajstić information content (AvgIpc) is 2.52. The van der Waals surface area contributed by atoms with E-state index in [0.29, 0.717) is 5.82 Å². The Morgan fingerprint density at radius 1 is 1.25 bits per heavy atom. The summed E-state index contributed by atoms with van der Waals surface area (Å²) in [5.41, 5.74) is 6.98. The number of carbonyl (C=O) groups is 1. The summed E-state index contributed by atoms with van der Waals surface area (Å²) in [6, 6.07) is 7.72. The quantitative estimate of drug-likeness (QED) is 0.906. The number of morpholine rings is 1. The van der Waals surface area contributed by atoms with Crippen LogP contribution < -0.4 is 15.5 Å². The number of nitrogens with two attached hydrogens (primary N) is 1. The van der Waals surface area contributed by atoms with Crippen LogP contribution in [0.25, 0.3) is 11.0 Å². The minimum atomic E-state index is -0.401. The molecule has 0 spiro atoms.